The summed E-state index contributed by atoms with van der Waals surface area (Å²) in [6.07, 6.45) is 0.253. The van der Waals surface area contributed by atoms with E-state index < -0.39 is 6.43 Å². The fourth-order valence-electron chi connectivity index (χ4n) is 1.61. The van der Waals surface area contributed by atoms with Crippen molar-refractivity contribution in [1.82, 2.24) is 0 Å². The van der Waals surface area contributed by atoms with Crippen molar-refractivity contribution in [2.75, 3.05) is 7.05 Å². The average molecular weight is 238 g/mol. The Morgan fingerprint density at radius 2 is 1.88 bits per heavy atom. The van der Waals surface area contributed by atoms with Gasteiger partial charge in [0.25, 0.3) is 6.43 Å². The van der Waals surface area contributed by atoms with Crippen molar-refractivity contribution in [2.24, 2.45) is 10.7 Å². The maximum atomic E-state index is 13.0. The molecular formula is C13H16F2N2. The van der Waals surface area contributed by atoms with E-state index >= 15 is 0 Å². The Morgan fingerprint density at radius 3 is 2.35 bits per heavy atom. The quantitative estimate of drug-likeness (QED) is 0.806. The third-order valence-corrected chi connectivity index (χ3v) is 2.66. The van der Waals surface area contributed by atoms with Crippen molar-refractivity contribution in [3.8, 4) is 0 Å². The summed E-state index contributed by atoms with van der Waals surface area (Å²) in [7, 11) is 1.58. The average Bonchev–Trinajstić information content (AvgIpc) is 2.29. The molecule has 1 aromatic carbocycles. The van der Waals surface area contributed by atoms with Crippen LogP contribution in [0.15, 0.2) is 23.3 Å². The van der Waals surface area contributed by atoms with Crippen LogP contribution in [0.5, 0.6) is 0 Å². The molecule has 0 aliphatic heterocycles. The van der Waals surface area contributed by atoms with Crippen molar-refractivity contribution < 1.29 is 8.78 Å². The van der Waals surface area contributed by atoms with Gasteiger partial charge in [0.15, 0.2) is 0 Å². The highest BCUT2D eigenvalue weighted by Crippen LogP contribution is 2.29. The normalized spacial score (nSPS) is 12.7. The second-order valence-corrected chi connectivity index (χ2v) is 3.83. The zero-order chi connectivity index (χ0) is 13.0. The van der Waals surface area contributed by atoms with E-state index in [0.29, 0.717) is 11.1 Å². The molecule has 0 aliphatic carbocycles. The monoisotopic (exact) mass is 238 g/mol. The number of hydrogen-bond acceptors (Lipinski definition) is 2. The number of aliphatic imine (C=N–C) groups is 1. The Balaban J connectivity index is 3.45. The molecule has 0 aliphatic rings. The number of alkyl halides is 2. The van der Waals surface area contributed by atoms with Gasteiger partial charge in [-0.05, 0) is 36.6 Å². The Bertz CT molecular complexity index is 463. The molecule has 1 rings (SSSR count). The van der Waals surface area contributed by atoms with Crippen molar-refractivity contribution in [1.29, 1.82) is 0 Å². The minimum absolute atomic E-state index is 0.00954. The summed E-state index contributed by atoms with van der Waals surface area (Å²) >= 11 is 0. The van der Waals surface area contributed by atoms with Gasteiger partial charge in [0.2, 0.25) is 0 Å². The summed E-state index contributed by atoms with van der Waals surface area (Å²) in [4.78, 5) is 3.82. The molecule has 92 valence electrons. The molecule has 1 aromatic rings. The molecule has 0 saturated heterocycles. The molecule has 0 saturated carbocycles. The summed E-state index contributed by atoms with van der Waals surface area (Å²) in [5.74, 6) is 0. The lowest BCUT2D eigenvalue weighted by molar-refractivity contribution is 0.151. The van der Waals surface area contributed by atoms with Crippen molar-refractivity contribution >= 4 is 11.8 Å². The Kier molecular flexibility index (Phi) is 4.37. The molecule has 0 unspecified atom stereocenters. The maximum Gasteiger partial charge on any atom is 0.264 e. The molecule has 17 heavy (non-hydrogen) atoms. The molecule has 0 bridgehead atoms. The lowest BCUT2D eigenvalue weighted by Crippen LogP contribution is -2.00. The molecule has 2 N–H and O–H groups in total. The number of halogens is 2. The third kappa shape index (κ3) is 2.90. The van der Waals surface area contributed by atoms with Crippen LogP contribution in [0.25, 0.3) is 5.57 Å². The van der Waals surface area contributed by atoms with Gasteiger partial charge in [0.1, 0.15) is 0 Å². The van der Waals surface area contributed by atoms with Crippen molar-refractivity contribution in [3.63, 3.8) is 0 Å². The second kappa shape index (κ2) is 5.57. The molecule has 0 aromatic heterocycles. The van der Waals surface area contributed by atoms with E-state index in [4.69, 9.17) is 5.73 Å². The number of rotatable bonds is 3. The zero-order valence-electron chi connectivity index (χ0n) is 10.2. The van der Waals surface area contributed by atoms with Gasteiger partial charge in [-0.3, -0.25) is 4.99 Å². The first-order valence-electron chi connectivity index (χ1n) is 5.25. The van der Waals surface area contributed by atoms with E-state index in [1.807, 2.05) is 13.8 Å². The van der Waals surface area contributed by atoms with Crippen LogP contribution < -0.4 is 5.73 Å². The first kappa shape index (κ1) is 13.4. The van der Waals surface area contributed by atoms with Gasteiger partial charge >= 0.3 is 0 Å². The Morgan fingerprint density at radius 1 is 1.29 bits per heavy atom. The lowest BCUT2D eigenvalue weighted by atomic mass is 9.95. The molecule has 0 atom stereocenters. The summed E-state index contributed by atoms with van der Waals surface area (Å²) in [5.41, 5.74) is 8.18. The molecular weight excluding hydrogens is 222 g/mol. The van der Waals surface area contributed by atoms with Crippen molar-refractivity contribution in [2.45, 2.75) is 20.3 Å². The molecule has 0 radical (unpaired) electrons. The molecule has 0 amide bonds. The van der Waals surface area contributed by atoms with E-state index in [1.54, 1.807) is 13.1 Å². The van der Waals surface area contributed by atoms with Crippen molar-refractivity contribution in [3.05, 3.63) is 40.6 Å². The first-order valence-corrected chi connectivity index (χ1v) is 5.25. The van der Waals surface area contributed by atoms with Crippen LogP contribution in [0, 0.1) is 13.8 Å². The maximum absolute atomic E-state index is 13.0. The largest absolute Gasteiger partial charge is 0.404 e. The number of nitrogens with zero attached hydrogens (tertiary/aromatic N) is 1. The highest BCUT2D eigenvalue weighted by atomic mass is 19.3. The third-order valence-electron chi connectivity index (χ3n) is 2.66. The minimum Gasteiger partial charge on any atom is -0.404 e. The van der Waals surface area contributed by atoms with Crippen LogP contribution in [0.2, 0.25) is 0 Å². The second-order valence-electron chi connectivity index (χ2n) is 3.83. The number of hydrogen-bond donors (Lipinski definition) is 1. The van der Waals surface area contributed by atoms with Gasteiger partial charge in [0.05, 0.1) is 0 Å². The van der Waals surface area contributed by atoms with Crippen LogP contribution in [-0.2, 0) is 0 Å². The molecule has 4 heteroatoms. The topological polar surface area (TPSA) is 38.4 Å². The summed E-state index contributed by atoms with van der Waals surface area (Å²) in [6, 6.07) is 3.22. The van der Waals surface area contributed by atoms with Gasteiger partial charge in [0, 0.05) is 30.6 Å². The number of benzene rings is 1. The van der Waals surface area contributed by atoms with Crippen LogP contribution in [0.4, 0.5) is 8.78 Å². The minimum atomic E-state index is -2.52. The number of nitrogens with two attached hydrogens (primary N) is 1. The number of aryl methyl sites for hydroxylation is 2. The number of allylic oxidation sites excluding steroid dienone is 1. The lowest BCUT2D eigenvalue weighted by Gasteiger charge is -2.12. The molecule has 2 nitrogen and oxygen atoms in total. The van der Waals surface area contributed by atoms with E-state index in [1.165, 1.54) is 18.5 Å². The smallest absolute Gasteiger partial charge is 0.264 e. The molecule has 0 fully saturated rings. The zero-order valence-corrected chi connectivity index (χ0v) is 10.2. The highest BCUT2D eigenvalue weighted by molar-refractivity contribution is 6.10. The van der Waals surface area contributed by atoms with Crippen LogP contribution in [0.3, 0.4) is 0 Å². The van der Waals surface area contributed by atoms with Gasteiger partial charge in [-0.25, -0.2) is 8.78 Å². The predicted molar refractivity (Wildman–Crippen MR) is 67.5 cm³/mol. The standard InChI is InChI=1S/C13H16F2N2/c1-8-4-11(10(6-16)7-17-3)12(13(14)15)5-9(8)2/h4-7,13H,16H2,1-3H3/b10-6+,17-7?. The van der Waals surface area contributed by atoms with Gasteiger partial charge < -0.3 is 5.73 Å². The fourth-order valence-corrected chi connectivity index (χ4v) is 1.61. The Hall–Kier alpha value is -1.71. The fraction of sp³-hybridized carbons (Fsp3) is 0.308. The van der Waals surface area contributed by atoms with Crippen LogP contribution in [0.1, 0.15) is 28.7 Å². The predicted octanol–water partition coefficient (Wildman–Crippen LogP) is 3.24. The van der Waals surface area contributed by atoms with Gasteiger partial charge in [-0.15, -0.1) is 0 Å². The summed E-state index contributed by atoms with van der Waals surface area (Å²) < 4.78 is 25.9. The van der Waals surface area contributed by atoms with Gasteiger partial charge in [-0.2, -0.15) is 0 Å². The van der Waals surface area contributed by atoms with E-state index in [2.05, 4.69) is 4.99 Å². The van der Waals surface area contributed by atoms with Gasteiger partial charge in [-0.1, -0.05) is 6.07 Å². The van der Waals surface area contributed by atoms with Crippen LogP contribution in [-0.4, -0.2) is 13.3 Å². The van der Waals surface area contributed by atoms with E-state index in [9.17, 15) is 8.78 Å². The highest BCUT2D eigenvalue weighted by Gasteiger charge is 2.16. The SMILES string of the molecule is CN=C/C(=C\N)c1cc(C)c(C)cc1C(F)F. The summed E-state index contributed by atoms with van der Waals surface area (Å²) in [6.45, 7) is 3.69. The Labute approximate surface area is 99.9 Å². The van der Waals surface area contributed by atoms with E-state index in [0.717, 1.165) is 11.1 Å². The first-order chi connectivity index (χ1) is 8.01. The van der Waals surface area contributed by atoms with Crippen LogP contribution >= 0.6 is 0 Å². The molecule has 0 heterocycles. The van der Waals surface area contributed by atoms with E-state index in [-0.39, 0.29) is 5.56 Å². The molecule has 0 spiro atoms. The summed E-state index contributed by atoms with van der Waals surface area (Å²) in [5, 5.41) is 0.